The third-order valence-electron chi connectivity index (χ3n) is 1.83. The van der Waals surface area contributed by atoms with E-state index in [1.54, 1.807) is 25.3 Å². The summed E-state index contributed by atoms with van der Waals surface area (Å²) in [7, 11) is 0. The standard InChI is InChI=1S/C11H12ClNO2/c1-3-5-8-6-7-13-10(12)9(8)11(14)15-4-2/h3,6-7H,1,4-5H2,2H3. The van der Waals surface area contributed by atoms with Crippen LogP contribution in [0.15, 0.2) is 24.9 Å². The van der Waals surface area contributed by atoms with Crippen molar-refractivity contribution in [3.63, 3.8) is 0 Å². The predicted molar refractivity (Wildman–Crippen MR) is 59.1 cm³/mol. The van der Waals surface area contributed by atoms with Crippen LogP contribution in [0.2, 0.25) is 5.15 Å². The minimum absolute atomic E-state index is 0.174. The number of pyridine rings is 1. The maximum atomic E-state index is 11.6. The largest absolute Gasteiger partial charge is 0.462 e. The highest BCUT2D eigenvalue weighted by Crippen LogP contribution is 2.19. The summed E-state index contributed by atoms with van der Waals surface area (Å²) in [6.07, 6.45) is 3.83. The van der Waals surface area contributed by atoms with Gasteiger partial charge in [-0.3, -0.25) is 0 Å². The van der Waals surface area contributed by atoms with Crippen LogP contribution in [0.25, 0.3) is 0 Å². The van der Waals surface area contributed by atoms with E-state index in [1.165, 1.54) is 0 Å². The summed E-state index contributed by atoms with van der Waals surface area (Å²) in [6, 6.07) is 1.74. The van der Waals surface area contributed by atoms with Crippen molar-refractivity contribution in [2.24, 2.45) is 0 Å². The Morgan fingerprint density at radius 1 is 1.73 bits per heavy atom. The number of halogens is 1. The summed E-state index contributed by atoms with van der Waals surface area (Å²) in [5, 5.41) is 0.174. The Balaban J connectivity index is 3.11. The minimum Gasteiger partial charge on any atom is -0.462 e. The molecule has 0 unspecified atom stereocenters. The first-order valence-electron chi connectivity index (χ1n) is 4.62. The van der Waals surface area contributed by atoms with Gasteiger partial charge in [0.2, 0.25) is 0 Å². The van der Waals surface area contributed by atoms with Crippen LogP contribution in [0.3, 0.4) is 0 Å². The van der Waals surface area contributed by atoms with Gasteiger partial charge in [-0.25, -0.2) is 9.78 Å². The molecule has 0 bridgehead atoms. The van der Waals surface area contributed by atoms with Crippen molar-refractivity contribution in [2.75, 3.05) is 6.61 Å². The number of nitrogens with zero attached hydrogens (tertiary/aromatic N) is 1. The number of allylic oxidation sites excluding steroid dienone is 1. The second-order valence-corrected chi connectivity index (χ2v) is 3.21. The smallest absolute Gasteiger partial charge is 0.341 e. The summed E-state index contributed by atoms with van der Waals surface area (Å²) >= 11 is 5.85. The molecule has 0 aliphatic heterocycles. The highest BCUT2D eigenvalue weighted by atomic mass is 35.5. The molecule has 0 aliphatic rings. The van der Waals surface area contributed by atoms with Crippen LogP contribution in [-0.4, -0.2) is 17.6 Å². The number of ether oxygens (including phenoxy) is 1. The second-order valence-electron chi connectivity index (χ2n) is 2.85. The number of carbonyl (C=O) groups excluding carboxylic acids is 1. The molecule has 0 N–H and O–H groups in total. The summed E-state index contributed by atoms with van der Waals surface area (Å²) in [5.41, 5.74) is 1.12. The first-order chi connectivity index (χ1) is 7.20. The minimum atomic E-state index is -0.438. The van der Waals surface area contributed by atoms with Gasteiger partial charge in [-0.15, -0.1) is 6.58 Å². The first-order valence-corrected chi connectivity index (χ1v) is 4.99. The molecule has 0 atom stereocenters. The van der Waals surface area contributed by atoms with Crippen molar-refractivity contribution >= 4 is 17.6 Å². The predicted octanol–water partition coefficient (Wildman–Crippen LogP) is 2.64. The van der Waals surface area contributed by atoms with Gasteiger partial charge in [0.05, 0.1) is 6.61 Å². The van der Waals surface area contributed by atoms with Gasteiger partial charge < -0.3 is 4.74 Å². The van der Waals surface area contributed by atoms with E-state index in [2.05, 4.69) is 11.6 Å². The molecular formula is C11H12ClNO2. The Labute approximate surface area is 93.7 Å². The molecule has 0 saturated heterocycles. The van der Waals surface area contributed by atoms with Crippen LogP contribution < -0.4 is 0 Å². The Kier molecular flexibility index (Phi) is 4.31. The van der Waals surface area contributed by atoms with E-state index in [0.29, 0.717) is 18.6 Å². The number of esters is 1. The number of carbonyl (C=O) groups is 1. The van der Waals surface area contributed by atoms with Crippen molar-refractivity contribution in [3.8, 4) is 0 Å². The number of rotatable bonds is 4. The van der Waals surface area contributed by atoms with Crippen molar-refractivity contribution in [1.29, 1.82) is 0 Å². The molecule has 0 radical (unpaired) electrons. The fourth-order valence-corrected chi connectivity index (χ4v) is 1.47. The molecule has 0 aliphatic carbocycles. The Morgan fingerprint density at radius 3 is 3.07 bits per heavy atom. The van der Waals surface area contributed by atoms with E-state index < -0.39 is 5.97 Å². The molecule has 0 spiro atoms. The average molecular weight is 226 g/mol. The zero-order valence-corrected chi connectivity index (χ0v) is 9.25. The summed E-state index contributed by atoms with van der Waals surface area (Å²) in [5.74, 6) is -0.438. The monoisotopic (exact) mass is 225 g/mol. The van der Waals surface area contributed by atoms with Gasteiger partial charge in [-0.2, -0.15) is 0 Å². The lowest BCUT2D eigenvalue weighted by atomic mass is 10.1. The maximum Gasteiger partial charge on any atom is 0.341 e. The molecule has 1 heterocycles. The van der Waals surface area contributed by atoms with Crippen LogP contribution in [0.1, 0.15) is 22.8 Å². The van der Waals surface area contributed by atoms with Crippen LogP contribution in [0, 0.1) is 0 Å². The SMILES string of the molecule is C=CCc1ccnc(Cl)c1C(=O)OCC. The molecule has 0 saturated carbocycles. The number of hydrogen-bond donors (Lipinski definition) is 0. The van der Waals surface area contributed by atoms with Gasteiger partial charge in [-0.1, -0.05) is 17.7 Å². The molecule has 4 heteroatoms. The quantitative estimate of drug-likeness (QED) is 0.449. The topological polar surface area (TPSA) is 39.2 Å². The van der Waals surface area contributed by atoms with Crippen LogP contribution in [0.5, 0.6) is 0 Å². The van der Waals surface area contributed by atoms with Gasteiger partial charge in [0, 0.05) is 6.20 Å². The van der Waals surface area contributed by atoms with E-state index in [-0.39, 0.29) is 5.15 Å². The van der Waals surface area contributed by atoms with Gasteiger partial charge in [0.25, 0.3) is 0 Å². The van der Waals surface area contributed by atoms with E-state index in [0.717, 1.165) is 5.56 Å². The maximum absolute atomic E-state index is 11.6. The van der Waals surface area contributed by atoms with Crippen LogP contribution in [-0.2, 0) is 11.2 Å². The summed E-state index contributed by atoms with van der Waals surface area (Å²) in [4.78, 5) is 15.4. The van der Waals surface area contributed by atoms with Crippen molar-refractivity contribution in [1.82, 2.24) is 4.98 Å². The molecule has 80 valence electrons. The van der Waals surface area contributed by atoms with Crippen molar-refractivity contribution < 1.29 is 9.53 Å². The average Bonchev–Trinajstić information content (AvgIpc) is 2.18. The molecule has 1 aromatic rings. The van der Waals surface area contributed by atoms with Crippen LogP contribution >= 0.6 is 11.6 Å². The lowest BCUT2D eigenvalue weighted by molar-refractivity contribution is 0.0525. The van der Waals surface area contributed by atoms with E-state index in [4.69, 9.17) is 16.3 Å². The van der Waals surface area contributed by atoms with Crippen LogP contribution in [0.4, 0.5) is 0 Å². The molecular weight excluding hydrogens is 214 g/mol. The van der Waals surface area contributed by atoms with Crippen molar-refractivity contribution in [3.05, 3.63) is 41.2 Å². The Morgan fingerprint density at radius 2 is 2.47 bits per heavy atom. The number of hydrogen-bond acceptors (Lipinski definition) is 3. The van der Waals surface area contributed by atoms with E-state index in [9.17, 15) is 4.79 Å². The lowest BCUT2D eigenvalue weighted by Crippen LogP contribution is -2.09. The highest BCUT2D eigenvalue weighted by molar-refractivity contribution is 6.32. The Bertz CT molecular complexity index is 377. The molecule has 1 aromatic heterocycles. The van der Waals surface area contributed by atoms with E-state index >= 15 is 0 Å². The molecule has 0 aromatic carbocycles. The zero-order chi connectivity index (χ0) is 11.3. The number of aromatic nitrogens is 1. The molecule has 3 nitrogen and oxygen atoms in total. The second kappa shape index (κ2) is 5.51. The fourth-order valence-electron chi connectivity index (χ4n) is 1.22. The van der Waals surface area contributed by atoms with Gasteiger partial charge >= 0.3 is 5.97 Å². The molecule has 0 fully saturated rings. The molecule has 1 rings (SSSR count). The molecule has 15 heavy (non-hydrogen) atoms. The van der Waals surface area contributed by atoms with Gasteiger partial charge in [0.15, 0.2) is 0 Å². The lowest BCUT2D eigenvalue weighted by Gasteiger charge is -2.07. The fraction of sp³-hybridized carbons (Fsp3) is 0.273. The van der Waals surface area contributed by atoms with Crippen molar-refractivity contribution in [2.45, 2.75) is 13.3 Å². The first kappa shape index (κ1) is 11.7. The highest BCUT2D eigenvalue weighted by Gasteiger charge is 2.16. The van der Waals surface area contributed by atoms with Gasteiger partial charge in [0.1, 0.15) is 10.7 Å². The third kappa shape index (κ3) is 2.80. The normalized spacial score (nSPS) is 9.73. The molecule has 0 amide bonds. The third-order valence-corrected chi connectivity index (χ3v) is 2.12. The van der Waals surface area contributed by atoms with E-state index in [1.807, 2.05) is 0 Å². The summed E-state index contributed by atoms with van der Waals surface area (Å²) in [6.45, 7) is 5.68. The summed E-state index contributed by atoms with van der Waals surface area (Å²) < 4.78 is 4.90. The zero-order valence-electron chi connectivity index (χ0n) is 8.50. The van der Waals surface area contributed by atoms with Gasteiger partial charge in [-0.05, 0) is 25.0 Å². The Hall–Kier alpha value is -1.35.